The van der Waals surface area contributed by atoms with Crippen LogP contribution in [0.3, 0.4) is 0 Å². The van der Waals surface area contributed by atoms with Gasteiger partial charge >= 0.3 is 12.1 Å². The number of aliphatic hydroxyl groups is 1. The second-order valence-corrected chi connectivity index (χ2v) is 7.94. The molecular weight excluding hydrogens is 412 g/mol. The number of carbonyl (C=O) groups excluding carboxylic acids is 2. The Kier molecular flexibility index (Phi) is 7.83. The summed E-state index contributed by atoms with van der Waals surface area (Å²) >= 11 is 0. The molecule has 8 nitrogen and oxygen atoms in total. The maximum atomic E-state index is 12.1. The first-order chi connectivity index (χ1) is 15.4. The van der Waals surface area contributed by atoms with Gasteiger partial charge in [0.25, 0.3) is 0 Å². The van der Waals surface area contributed by atoms with Crippen LogP contribution in [0.15, 0.2) is 48.5 Å². The Bertz CT molecular complexity index is 931. The number of amides is 2. The lowest BCUT2D eigenvalue weighted by atomic mass is 9.98. The highest BCUT2D eigenvalue weighted by Crippen LogP contribution is 2.44. The molecule has 32 heavy (non-hydrogen) atoms. The molecule has 1 aliphatic carbocycles. The van der Waals surface area contributed by atoms with Crippen LogP contribution in [0.25, 0.3) is 11.1 Å². The van der Waals surface area contributed by atoms with Crippen molar-refractivity contribution in [2.24, 2.45) is 5.92 Å². The fourth-order valence-corrected chi connectivity index (χ4v) is 3.76. The van der Waals surface area contributed by atoms with Gasteiger partial charge in [-0.2, -0.15) is 0 Å². The summed E-state index contributed by atoms with van der Waals surface area (Å²) in [6, 6.07) is 16.0. The second-order valence-electron chi connectivity index (χ2n) is 7.94. The Balaban J connectivity index is 1.41. The number of carboxylic acid groups (broad SMARTS) is 1. The number of hydrogen-bond acceptors (Lipinski definition) is 5. The average molecular weight is 440 g/mol. The third kappa shape index (κ3) is 5.85. The lowest BCUT2D eigenvalue weighted by Gasteiger charge is -2.16. The van der Waals surface area contributed by atoms with E-state index in [1.165, 1.54) is 0 Å². The molecule has 4 N–H and O–H groups in total. The molecule has 2 unspecified atom stereocenters. The van der Waals surface area contributed by atoms with Gasteiger partial charge in [-0.25, -0.2) is 4.79 Å². The predicted molar refractivity (Wildman–Crippen MR) is 118 cm³/mol. The topological polar surface area (TPSA) is 125 Å². The lowest BCUT2D eigenvalue weighted by molar-refractivity contribution is -0.141. The van der Waals surface area contributed by atoms with Crippen molar-refractivity contribution in [3.63, 3.8) is 0 Å². The molecule has 8 heteroatoms. The monoisotopic (exact) mass is 440 g/mol. The van der Waals surface area contributed by atoms with Gasteiger partial charge < -0.3 is 25.6 Å². The minimum absolute atomic E-state index is 0.0583. The molecule has 0 aromatic heterocycles. The highest BCUT2D eigenvalue weighted by atomic mass is 16.5. The summed E-state index contributed by atoms with van der Waals surface area (Å²) in [7, 11) is 0. The zero-order chi connectivity index (χ0) is 23.1. The van der Waals surface area contributed by atoms with E-state index < -0.39 is 30.0 Å². The van der Waals surface area contributed by atoms with Crippen molar-refractivity contribution in [1.82, 2.24) is 10.6 Å². The maximum absolute atomic E-state index is 12.1. The molecule has 3 rings (SSSR count). The molecule has 0 spiro atoms. The molecule has 2 aromatic rings. The summed E-state index contributed by atoms with van der Waals surface area (Å²) in [4.78, 5) is 34.7. The molecule has 0 heterocycles. The van der Waals surface area contributed by atoms with Crippen LogP contribution in [-0.4, -0.2) is 54.0 Å². The molecule has 2 aromatic carbocycles. The molecule has 170 valence electrons. The van der Waals surface area contributed by atoms with E-state index in [-0.39, 0.29) is 32.0 Å². The van der Waals surface area contributed by atoms with Gasteiger partial charge in [-0.3, -0.25) is 9.59 Å². The fourth-order valence-electron chi connectivity index (χ4n) is 3.76. The Labute approximate surface area is 186 Å². The molecule has 0 fully saturated rings. The molecule has 0 saturated heterocycles. The number of alkyl carbamates (subject to hydrolysis) is 1. The Morgan fingerprint density at radius 1 is 1.00 bits per heavy atom. The zero-order valence-electron chi connectivity index (χ0n) is 17.9. The van der Waals surface area contributed by atoms with E-state index in [0.29, 0.717) is 6.42 Å². The first-order valence-electron chi connectivity index (χ1n) is 10.6. The van der Waals surface area contributed by atoms with Crippen LogP contribution in [0.4, 0.5) is 4.79 Å². The Morgan fingerprint density at radius 3 is 2.19 bits per heavy atom. The summed E-state index contributed by atoms with van der Waals surface area (Å²) in [5, 5.41) is 23.8. The van der Waals surface area contributed by atoms with E-state index in [1.807, 2.05) is 36.4 Å². The normalized spacial score (nSPS) is 14.1. The average Bonchev–Trinajstić information content (AvgIpc) is 3.10. The van der Waals surface area contributed by atoms with Crippen molar-refractivity contribution in [2.45, 2.75) is 31.8 Å². The standard InChI is InChI=1S/C24H28N2O6/c1-15(23(29)30)10-11-25-22(28)12-16(27)13-26-24(31)32-14-21-19-8-4-2-6-17(19)18-7-3-5-9-20(18)21/h2-9,15-16,21,27H,10-14H2,1H3,(H,25,28)(H,26,31)(H,29,30). The van der Waals surface area contributed by atoms with Gasteiger partial charge in [-0.05, 0) is 28.7 Å². The van der Waals surface area contributed by atoms with Gasteiger partial charge in [-0.15, -0.1) is 0 Å². The highest BCUT2D eigenvalue weighted by Gasteiger charge is 2.29. The number of carboxylic acids is 1. The number of nitrogens with one attached hydrogen (secondary N) is 2. The highest BCUT2D eigenvalue weighted by molar-refractivity contribution is 5.79. The number of fused-ring (bicyclic) bond motifs is 3. The molecule has 2 amide bonds. The van der Waals surface area contributed by atoms with Crippen LogP contribution in [0.2, 0.25) is 0 Å². The van der Waals surface area contributed by atoms with Crippen LogP contribution in [0.5, 0.6) is 0 Å². The van der Waals surface area contributed by atoms with E-state index in [0.717, 1.165) is 22.3 Å². The summed E-state index contributed by atoms with van der Waals surface area (Å²) in [5.41, 5.74) is 4.48. The summed E-state index contributed by atoms with van der Waals surface area (Å²) in [6.45, 7) is 1.80. The number of aliphatic hydroxyl groups excluding tert-OH is 1. The minimum Gasteiger partial charge on any atom is -0.481 e. The van der Waals surface area contributed by atoms with Crippen molar-refractivity contribution in [2.75, 3.05) is 19.7 Å². The number of carbonyl (C=O) groups is 3. The Morgan fingerprint density at radius 2 is 1.59 bits per heavy atom. The first-order valence-corrected chi connectivity index (χ1v) is 10.6. The lowest BCUT2D eigenvalue weighted by Crippen LogP contribution is -2.37. The number of aliphatic carboxylic acids is 1. The summed E-state index contributed by atoms with van der Waals surface area (Å²) in [6.07, 6.45) is -1.64. The van der Waals surface area contributed by atoms with E-state index >= 15 is 0 Å². The van der Waals surface area contributed by atoms with Gasteiger partial charge in [0.1, 0.15) is 6.61 Å². The molecular formula is C24H28N2O6. The van der Waals surface area contributed by atoms with E-state index in [9.17, 15) is 19.5 Å². The van der Waals surface area contributed by atoms with Gasteiger partial charge in [0.2, 0.25) is 5.91 Å². The molecule has 0 bridgehead atoms. The fraction of sp³-hybridized carbons (Fsp3) is 0.375. The molecule has 0 saturated carbocycles. The van der Waals surface area contributed by atoms with E-state index in [1.54, 1.807) is 6.92 Å². The smallest absolute Gasteiger partial charge is 0.407 e. The van der Waals surface area contributed by atoms with Crippen molar-refractivity contribution >= 4 is 18.0 Å². The molecule has 0 radical (unpaired) electrons. The van der Waals surface area contributed by atoms with Crippen LogP contribution in [-0.2, 0) is 14.3 Å². The third-order valence-corrected chi connectivity index (χ3v) is 5.57. The Hall–Kier alpha value is -3.39. The van der Waals surface area contributed by atoms with Crippen LogP contribution < -0.4 is 10.6 Å². The van der Waals surface area contributed by atoms with Crippen molar-refractivity contribution < 1.29 is 29.3 Å². The first kappa shape index (κ1) is 23.3. The summed E-state index contributed by atoms with van der Waals surface area (Å²) < 4.78 is 5.39. The molecule has 1 aliphatic rings. The van der Waals surface area contributed by atoms with Crippen LogP contribution >= 0.6 is 0 Å². The van der Waals surface area contributed by atoms with Gasteiger partial charge in [0.15, 0.2) is 0 Å². The van der Waals surface area contributed by atoms with Crippen molar-refractivity contribution in [3.05, 3.63) is 59.7 Å². The third-order valence-electron chi connectivity index (χ3n) is 5.57. The number of ether oxygens (including phenoxy) is 1. The van der Waals surface area contributed by atoms with Crippen LogP contribution in [0, 0.1) is 5.92 Å². The number of benzene rings is 2. The molecule has 0 aliphatic heterocycles. The largest absolute Gasteiger partial charge is 0.481 e. The van der Waals surface area contributed by atoms with Gasteiger partial charge in [0, 0.05) is 19.0 Å². The zero-order valence-corrected chi connectivity index (χ0v) is 17.9. The van der Waals surface area contributed by atoms with Gasteiger partial charge in [0.05, 0.1) is 18.4 Å². The second kappa shape index (κ2) is 10.8. The SMILES string of the molecule is CC(CCNC(=O)CC(O)CNC(=O)OCC1c2ccccc2-c2ccccc21)C(=O)O. The van der Waals surface area contributed by atoms with E-state index in [4.69, 9.17) is 9.84 Å². The van der Waals surface area contributed by atoms with Crippen LogP contribution in [0.1, 0.15) is 36.8 Å². The summed E-state index contributed by atoms with van der Waals surface area (Å²) in [5.74, 6) is -1.96. The van der Waals surface area contributed by atoms with Crippen molar-refractivity contribution in [1.29, 1.82) is 0 Å². The molecule has 2 atom stereocenters. The minimum atomic E-state index is -1.08. The maximum Gasteiger partial charge on any atom is 0.407 e. The quantitative estimate of drug-likeness (QED) is 0.450. The number of hydrogen-bond donors (Lipinski definition) is 4. The van der Waals surface area contributed by atoms with Gasteiger partial charge in [-0.1, -0.05) is 55.5 Å². The van der Waals surface area contributed by atoms with E-state index in [2.05, 4.69) is 22.8 Å². The van der Waals surface area contributed by atoms with Crippen molar-refractivity contribution in [3.8, 4) is 11.1 Å². The predicted octanol–water partition coefficient (Wildman–Crippen LogP) is 2.50. The number of rotatable bonds is 10.